The van der Waals surface area contributed by atoms with E-state index in [4.69, 9.17) is 11.1 Å². The van der Waals surface area contributed by atoms with Crippen molar-refractivity contribution in [3.8, 4) is 0 Å². The molecule has 0 radical (unpaired) electrons. The third-order valence-corrected chi connectivity index (χ3v) is 2.46. The molecular weight excluding hydrogens is 219 g/mol. The molecule has 0 bridgehead atoms. The van der Waals surface area contributed by atoms with Crippen LogP contribution in [-0.2, 0) is 6.54 Å². The van der Waals surface area contributed by atoms with Crippen molar-refractivity contribution in [2.24, 2.45) is 5.73 Å². The van der Waals surface area contributed by atoms with Crippen molar-refractivity contribution >= 4 is 5.84 Å². The van der Waals surface area contributed by atoms with E-state index in [-0.39, 0.29) is 11.4 Å². The summed E-state index contributed by atoms with van der Waals surface area (Å²) in [5, 5.41) is 11.4. The first kappa shape index (κ1) is 11.3. The van der Waals surface area contributed by atoms with Gasteiger partial charge in [-0.3, -0.25) is 10.1 Å². The molecular formula is C12H13FN4. The molecule has 5 heteroatoms. The van der Waals surface area contributed by atoms with Crippen LogP contribution in [0.1, 0.15) is 16.7 Å². The van der Waals surface area contributed by atoms with Crippen LogP contribution >= 0.6 is 0 Å². The largest absolute Gasteiger partial charge is 0.384 e. The first-order valence-corrected chi connectivity index (χ1v) is 5.19. The minimum absolute atomic E-state index is 0.131. The maximum Gasteiger partial charge on any atom is 0.139 e. The van der Waals surface area contributed by atoms with Gasteiger partial charge in [-0.25, -0.2) is 4.39 Å². The van der Waals surface area contributed by atoms with Crippen LogP contribution in [-0.4, -0.2) is 15.6 Å². The average Bonchev–Trinajstić information content (AvgIpc) is 2.67. The highest BCUT2D eigenvalue weighted by Crippen LogP contribution is 2.13. The van der Waals surface area contributed by atoms with E-state index in [2.05, 4.69) is 5.10 Å². The van der Waals surface area contributed by atoms with Crippen molar-refractivity contribution in [1.82, 2.24) is 9.78 Å². The highest BCUT2D eigenvalue weighted by Gasteiger charge is 2.10. The number of nitrogens with zero attached hydrogens (tertiary/aromatic N) is 2. The molecule has 2 aromatic rings. The van der Waals surface area contributed by atoms with Gasteiger partial charge in [0.15, 0.2) is 0 Å². The van der Waals surface area contributed by atoms with E-state index in [1.165, 1.54) is 6.07 Å². The molecule has 1 aromatic carbocycles. The second kappa shape index (κ2) is 4.37. The van der Waals surface area contributed by atoms with Gasteiger partial charge in [0.25, 0.3) is 0 Å². The smallest absolute Gasteiger partial charge is 0.139 e. The average molecular weight is 232 g/mol. The molecule has 4 nitrogen and oxygen atoms in total. The van der Waals surface area contributed by atoms with Gasteiger partial charge in [-0.05, 0) is 18.6 Å². The number of halogens is 1. The minimum atomic E-state index is -0.451. The zero-order chi connectivity index (χ0) is 12.4. The Morgan fingerprint density at radius 1 is 1.53 bits per heavy atom. The van der Waals surface area contributed by atoms with Crippen molar-refractivity contribution in [1.29, 1.82) is 5.41 Å². The molecule has 2 rings (SSSR count). The number of hydrogen-bond donors (Lipinski definition) is 2. The summed E-state index contributed by atoms with van der Waals surface area (Å²) in [5.41, 5.74) is 6.93. The molecule has 0 aliphatic rings. The Hall–Kier alpha value is -2.17. The molecule has 0 aliphatic heterocycles. The quantitative estimate of drug-likeness (QED) is 0.624. The number of aromatic nitrogens is 2. The lowest BCUT2D eigenvalue weighted by molar-refractivity contribution is 0.583. The summed E-state index contributed by atoms with van der Waals surface area (Å²) >= 11 is 0. The normalized spacial score (nSPS) is 10.5. The Labute approximate surface area is 98.4 Å². The van der Waals surface area contributed by atoms with Crippen LogP contribution in [0.25, 0.3) is 0 Å². The number of amidine groups is 1. The standard InChI is InChI=1S/C12H13FN4/c1-8-5-16-17(6-8)7-9-3-2-4-10(11(9)13)12(14)15/h2-6H,7H2,1H3,(H3,14,15). The third kappa shape index (κ3) is 2.33. The fourth-order valence-electron chi connectivity index (χ4n) is 1.64. The summed E-state index contributed by atoms with van der Waals surface area (Å²) in [6.07, 6.45) is 3.55. The van der Waals surface area contributed by atoms with Crippen molar-refractivity contribution in [3.63, 3.8) is 0 Å². The minimum Gasteiger partial charge on any atom is -0.384 e. The van der Waals surface area contributed by atoms with Gasteiger partial charge < -0.3 is 5.73 Å². The van der Waals surface area contributed by atoms with Crippen LogP contribution in [0, 0.1) is 18.2 Å². The molecule has 0 fully saturated rings. The first-order chi connectivity index (χ1) is 8.08. The Bertz CT molecular complexity index is 559. The Morgan fingerprint density at radius 2 is 2.29 bits per heavy atom. The number of aryl methyl sites for hydroxylation is 1. The monoisotopic (exact) mass is 232 g/mol. The van der Waals surface area contributed by atoms with E-state index in [1.807, 2.05) is 13.1 Å². The van der Waals surface area contributed by atoms with Gasteiger partial charge in [-0.2, -0.15) is 5.10 Å². The van der Waals surface area contributed by atoms with Gasteiger partial charge >= 0.3 is 0 Å². The zero-order valence-corrected chi connectivity index (χ0v) is 9.44. The summed E-state index contributed by atoms with van der Waals surface area (Å²) in [6.45, 7) is 2.26. The number of nitrogens with two attached hydrogens (primary N) is 1. The zero-order valence-electron chi connectivity index (χ0n) is 9.44. The van der Waals surface area contributed by atoms with Crippen molar-refractivity contribution in [3.05, 3.63) is 53.1 Å². The van der Waals surface area contributed by atoms with E-state index < -0.39 is 5.82 Å². The Kier molecular flexibility index (Phi) is 2.91. The maximum atomic E-state index is 14.0. The van der Waals surface area contributed by atoms with Gasteiger partial charge in [0, 0.05) is 11.8 Å². The molecule has 0 aliphatic carbocycles. The van der Waals surface area contributed by atoms with Crippen LogP contribution in [0.2, 0.25) is 0 Å². The van der Waals surface area contributed by atoms with E-state index in [1.54, 1.807) is 23.0 Å². The Morgan fingerprint density at radius 3 is 2.88 bits per heavy atom. The number of nitrogen functional groups attached to an aromatic ring is 1. The van der Waals surface area contributed by atoms with Crippen LogP contribution in [0.5, 0.6) is 0 Å². The lowest BCUT2D eigenvalue weighted by Crippen LogP contribution is -2.15. The van der Waals surface area contributed by atoms with Gasteiger partial charge in [0.05, 0.1) is 18.3 Å². The number of nitrogens with one attached hydrogen (secondary N) is 1. The maximum absolute atomic E-state index is 14.0. The molecule has 0 unspecified atom stereocenters. The van der Waals surface area contributed by atoms with Crippen LogP contribution in [0.3, 0.4) is 0 Å². The molecule has 1 heterocycles. The molecule has 0 spiro atoms. The fraction of sp³-hybridized carbons (Fsp3) is 0.167. The number of benzene rings is 1. The topological polar surface area (TPSA) is 67.7 Å². The van der Waals surface area contributed by atoms with E-state index in [0.29, 0.717) is 12.1 Å². The lowest BCUT2D eigenvalue weighted by Gasteiger charge is -2.07. The molecule has 0 amide bonds. The Balaban J connectivity index is 2.33. The van der Waals surface area contributed by atoms with Gasteiger partial charge in [0.2, 0.25) is 0 Å². The summed E-state index contributed by atoms with van der Waals surface area (Å²) < 4.78 is 15.6. The predicted octanol–water partition coefficient (Wildman–Crippen LogP) is 1.66. The summed E-state index contributed by atoms with van der Waals surface area (Å²) in [6, 6.07) is 4.85. The van der Waals surface area contributed by atoms with Crippen LogP contribution in [0.4, 0.5) is 4.39 Å². The molecule has 3 N–H and O–H groups in total. The molecule has 17 heavy (non-hydrogen) atoms. The van der Waals surface area contributed by atoms with Gasteiger partial charge in [0.1, 0.15) is 11.7 Å². The molecule has 88 valence electrons. The number of rotatable bonds is 3. The summed E-state index contributed by atoms with van der Waals surface area (Å²) in [4.78, 5) is 0. The molecule has 0 saturated carbocycles. The summed E-state index contributed by atoms with van der Waals surface area (Å²) in [5.74, 6) is -0.714. The third-order valence-electron chi connectivity index (χ3n) is 2.46. The fourth-order valence-corrected chi connectivity index (χ4v) is 1.64. The predicted molar refractivity (Wildman–Crippen MR) is 63.5 cm³/mol. The second-order valence-electron chi connectivity index (χ2n) is 3.91. The van der Waals surface area contributed by atoms with Crippen molar-refractivity contribution in [2.75, 3.05) is 0 Å². The van der Waals surface area contributed by atoms with Crippen LogP contribution < -0.4 is 5.73 Å². The highest BCUT2D eigenvalue weighted by atomic mass is 19.1. The lowest BCUT2D eigenvalue weighted by atomic mass is 10.1. The van der Waals surface area contributed by atoms with E-state index in [0.717, 1.165) is 5.56 Å². The molecule has 0 atom stereocenters. The second-order valence-corrected chi connectivity index (χ2v) is 3.91. The van der Waals surface area contributed by atoms with E-state index >= 15 is 0 Å². The van der Waals surface area contributed by atoms with Crippen molar-refractivity contribution in [2.45, 2.75) is 13.5 Å². The summed E-state index contributed by atoms with van der Waals surface area (Å²) in [7, 11) is 0. The molecule has 0 saturated heterocycles. The molecule has 1 aromatic heterocycles. The highest BCUT2D eigenvalue weighted by molar-refractivity contribution is 5.95. The first-order valence-electron chi connectivity index (χ1n) is 5.19. The van der Waals surface area contributed by atoms with Gasteiger partial charge in [-0.15, -0.1) is 0 Å². The number of hydrogen-bond acceptors (Lipinski definition) is 2. The van der Waals surface area contributed by atoms with Crippen molar-refractivity contribution < 1.29 is 4.39 Å². The van der Waals surface area contributed by atoms with E-state index in [9.17, 15) is 4.39 Å². The van der Waals surface area contributed by atoms with Gasteiger partial charge in [-0.1, -0.05) is 12.1 Å². The van der Waals surface area contributed by atoms with Crippen LogP contribution in [0.15, 0.2) is 30.6 Å². The SMILES string of the molecule is Cc1cnn(Cc2cccc(C(=N)N)c2F)c1.